The zero-order valence-corrected chi connectivity index (χ0v) is 14.0. The number of hydrogen-bond donors (Lipinski definition) is 0. The summed E-state index contributed by atoms with van der Waals surface area (Å²) in [5, 5.41) is 0. The van der Waals surface area contributed by atoms with Crippen molar-refractivity contribution in [2.75, 3.05) is 6.54 Å². The van der Waals surface area contributed by atoms with Crippen LogP contribution in [0.1, 0.15) is 42.1 Å². The number of fused-ring (bicyclic) bond motifs is 1. The number of carbonyl (C=O) groups is 1. The average molecular weight is 305 g/mol. The van der Waals surface area contributed by atoms with Crippen LogP contribution < -0.4 is 0 Å². The molecule has 0 aromatic heterocycles. The predicted octanol–water partition coefficient (Wildman–Crippen LogP) is 4.44. The molecule has 1 aliphatic rings. The number of benzene rings is 2. The second-order valence-electron chi connectivity index (χ2n) is 6.52. The molecule has 3 rings (SSSR count). The van der Waals surface area contributed by atoms with Crippen LogP contribution in [0.15, 0.2) is 60.2 Å². The van der Waals surface area contributed by atoms with E-state index in [4.69, 9.17) is 0 Å². The summed E-state index contributed by atoms with van der Waals surface area (Å²) in [6.07, 6.45) is 2.66. The first kappa shape index (κ1) is 15.5. The van der Waals surface area contributed by atoms with Gasteiger partial charge in [0.2, 0.25) is 5.91 Å². The van der Waals surface area contributed by atoms with Crippen LogP contribution in [-0.4, -0.2) is 17.4 Å². The van der Waals surface area contributed by atoms with Gasteiger partial charge in [0.25, 0.3) is 0 Å². The molecular weight excluding hydrogens is 282 g/mol. The fourth-order valence-electron chi connectivity index (χ4n) is 3.24. The smallest absolute Gasteiger partial charge is 0.247 e. The number of amides is 1. The van der Waals surface area contributed by atoms with Gasteiger partial charge in [0.1, 0.15) is 0 Å². The lowest BCUT2D eigenvalue weighted by atomic mass is 9.88. The van der Waals surface area contributed by atoms with Crippen molar-refractivity contribution >= 4 is 5.91 Å². The number of allylic oxidation sites excluding steroid dienone is 1. The first-order valence-corrected chi connectivity index (χ1v) is 8.16. The average Bonchev–Trinajstić information content (AvgIpc) is 2.54. The van der Waals surface area contributed by atoms with Gasteiger partial charge in [0.15, 0.2) is 0 Å². The molecule has 0 radical (unpaired) electrons. The number of aryl methyl sites for hydroxylation is 1. The molecule has 1 aliphatic heterocycles. The Kier molecular flexibility index (Phi) is 4.33. The molecule has 0 fully saturated rings. The van der Waals surface area contributed by atoms with Crippen LogP contribution >= 0.6 is 0 Å². The summed E-state index contributed by atoms with van der Waals surface area (Å²) in [6, 6.07) is 17.0. The van der Waals surface area contributed by atoms with E-state index in [2.05, 4.69) is 55.5 Å². The number of rotatable bonds is 2. The normalized spacial score (nSPS) is 16.7. The molecule has 2 heteroatoms. The molecule has 1 atom stereocenters. The van der Waals surface area contributed by atoms with Crippen molar-refractivity contribution < 1.29 is 4.79 Å². The Morgan fingerprint density at radius 1 is 1.09 bits per heavy atom. The number of carbonyl (C=O) groups excluding carboxylic acids is 1. The van der Waals surface area contributed by atoms with Gasteiger partial charge in [0, 0.05) is 12.6 Å². The van der Waals surface area contributed by atoms with Crippen LogP contribution in [0.2, 0.25) is 0 Å². The van der Waals surface area contributed by atoms with Gasteiger partial charge in [-0.25, -0.2) is 0 Å². The van der Waals surface area contributed by atoms with Gasteiger partial charge in [-0.3, -0.25) is 4.79 Å². The first-order chi connectivity index (χ1) is 11.1. The molecule has 0 saturated heterocycles. The minimum absolute atomic E-state index is 0.00338. The van der Waals surface area contributed by atoms with E-state index in [0.29, 0.717) is 0 Å². The van der Waals surface area contributed by atoms with Gasteiger partial charge in [-0.1, -0.05) is 59.7 Å². The molecular formula is C21H23NO. The summed E-state index contributed by atoms with van der Waals surface area (Å²) in [6.45, 7) is 6.79. The maximum atomic E-state index is 12.7. The zero-order valence-electron chi connectivity index (χ0n) is 14.0. The molecule has 0 spiro atoms. The fourth-order valence-corrected chi connectivity index (χ4v) is 3.24. The lowest BCUT2D eigenvalue weighted by molar-refractivity contribution is -0.128. The fraction of sp³-hybridized carbons (Fsp3) is 0.286. The van der Waals surface area contributed by atoms with Gasteiger partial charge in [0.05, 0.1) is 6.04 Å². The molecule has 1 amide bonds. The highest BCUT2D eigenvalue weighted by Gasteiger charge is 2.30. The molecule has 0 saturated carbocycles. The molecule has 1 heterocycles. The van der Waals surface area contributed by atoms with E-state index in [0.717, 1.165) is 18.5 Å². The minimum atomic E-state index is 0.00338. The summed E-state index contributed by atoms with van der Waals surface area (Å²) in [5.74, 6) is 0.102. The maximum Gasteiger partial charge on any atom is 0.247 e. The van der Waals surface area contributed by atoms with E-state index >= 15 is 0 Å². The molecule has 2 aromatic rings. The quantitative estimate of drug-likeness (QED) is 0.751. The summed E-state index contributed by atoms with van der Waals surface area (Å²) < 4.78 is 0. The van der Waals surface area contributed by atoms with E-state index in [9.17, 15) is 4.79 Å². The van der Waals surface area contributed by atoms with Crippen LogP contribution in [0.25, 0.3) is 0 Å². The monoisotopic (exact) mass is 305 g/mol. The molecule has 2 aromatic carbocycles. The number of nitrogens with zero attached hydrogens (tertiary/aromatic N) is 1. The highest BCUT2D eigenvalue weighted by atomic mass is 16.2. The Balaban J connectivity index is 2.08. The molecule has 1 unspecified atom stereocenters. The topological polar surface area (TPSA) is 20.3 Å². The van der Waals surface area contributed by atoms with Crippen molar-refractivity contribution in [1.82, 2.24) is 4.90 Å². The molecule has 118 valence electrons. The summed E-state index contributed by atoms with van der Waals surface area (Å²) in [4.78, 5) is 14.7. The summed E-state index contributed by atoms with van der Waals surface area (Å²) in [7, 11) is 0. The number of hydrogen-bond acceptors (Lipinski definition) is 1. The standard InChI is InChI=1S/C21H23NO/c1-15(2)14-20(23)22-13-12-17-6-4-5-7-19(17)21(22)18-10-8-16(3)9-11-18/h4-11,14,21H,12-13H2,1-3H3. The van der Waals surface area contributed by atoms with E-state index < -0.39 is 0 Å². The molecule has 0 aliphatic carbocycles. The van der Waals surface area contributed by atoms with Crippen molar-refractivity contribution in [3.8, 4) is 0 Å². The van der Waals surface area contributed by atoms with E-state index in [1.54, 1.807) is 6.08 Å². The van der Waals surface area contributed by atoms with Crippen molar-refractivity contribution in [2.45, 2.75) is 33.2 Å². The second kappa shape index (κ2) is 6.41. The van der Waals surface area contributed by atoms with Crippen LogP contribution in [0.3, 0.4) is 0 Å². The molecule has 23 heavy (non-hydrogen) atoms. The molecule has 0 N–H and O–H groups in total. The van der Waals surface area contributed by atoms with Crippen molar-refractivity contribution in [3.05, 3.63) is 82.4 Å². The van der Waals surface area contributed by atoms with Crippen LogP contribution in [0.4, 0.5) is 0 Å². The third-order valence-electron chi connectivity index (χ3n) is 4.37. The Labute approximate surface area is 138 Å². The third-order valence-corrected chi connectivity index (χ3v) is 4.37. The molecule has 0 bridgehead atoms. The van der Waals surface area contributed by atoms with Crippen LogP contribution in [0.5, 0.6) is 0 Å². The third kappa shape index (κ3) is 3.21. The van der Waals surface area contributed by atoms with Gasteiger partial charge in [-0.05, 0) is 43.9 Å². The Hall–Kier alpha value is -2.35. The van der Waals surface area contributed by atoms with Crippen molar-refractivity contribution in [2.24, 2.45) is 0 Å². The summed E-state index contributed by atoms with van der Waals surface area (Å²) >= 11 is 0. The van der Waals surface area contributed by atoms with Gasteiger partial charge < -0.3 is 4.90 Å². The van der Waals surface area contributed by atoms with Crippen LogP contribution in [-0.2, 0) is 11.2 Å². The summed E-state index contributed by atoms with van der Waals surface area (Å²) in [5.41, 5.74) is 6.05. The zero-order chi connectivity index (χ0) is 16.4. The first-order valence-electron chi connectivity index (χ1n) is 8.16. The Morgan fingerprint density at radius 3 is 2.48 bits per heavy atom. The highest BCUT2D eigenvalue weighted by Crippen LogP contribution is 2.35. The van der Waals surface area contributed by atoms with Gasteiger partial charge >= 0.3 is 0 Å². The van der Waals surface area contributed by atoms with E-state index in [-0.39, 0.29) is 11.9 Å². The largest absolute Gasteiger partial charge is 0.328 e. The SMILES string of the molecule is CC(C)=CC(=O)N1CCc2ccccc2C1c1ccc(C)cc1. The highest BCUT2D eigenvalue weighted by molar-refractivity contribution is 5.89. The van der Waals surface area contributed by atoms with E-state index in [1.807, 2.05) is 18.7 Å². The Bertz CT molecular complexity index is 739. The van der Waals surface area contributed by atoms with Crippen molar-refractivity contribution in [3.63, 3.8) is 0 Å². The predicted molar refractivity (Wildman–Crippen MR) is 94.3 cm³/mol. The lowest BCUT2D eigenvalue weighted by Gasteiger charge is -2.37. The van der Waals surface area contributed by atoms with Gasteiger partial charge in [-0.2, -0.15) is 0 Å². The lowest BCUT2D eigenvalue weighted by Crippen LogP contribution is -2.39. The van der Waals surface area contributed by atoms with Gasteiger partial charge in [-0.15, -0.1) is 0 Å². The minimum Gasteiger partial charge on any atom is -0.328 e. The van der Waals surface area contributed by atoms with Crippen LogP contribution in [0, 0.1) is 6.92 Å². The maximum absolute atomic E-state index is 12.7. The van der Waals surface area contributed by atoms with E-state index in [1.165, 1.54) is 22.3 Å². The van der Waals surface area contributed by atoms with Crippen molar-refractivity contribution in [1.29, 1.82) is 0 Å². The molecule has 2 nitrogen and oxygen atoms in total. The second-order valence-corrected chi connectivity index (χ2v) is 6.52. The Morgan fingerprint density at radius 2 is 1.78 bits per heavy atom.